The molecule has 1 heterocycles. The lowest BCUT2D eigenvalue weighted by atomic mass is 10.1. The molecule has 0 radical (unpaired) electrons. The van der Waals surface area contributed by atoms with Crippen molar-refractivity contribution in [1.29, 1.82) is 0 Å². The average molecular weight is 194 g/mol. The standard InChI is InChI=1S/C10H18N4/c1-7-9(5-6-11)8(2)13-10(12-7)14(3)4/h5-6,11H2,1-4H3. The molecule has 0 spiro atoms. The molecule has 14 heavy (non-hydrogen) atoms. The van der Waals surface area contributed by atoms with E-state index >= 15 is 0 Å². The van der Waals surface area contributed by atoms with E-state index in [-0.39, 0.29) is 0 Å². The van der Waals surface area contributed by atoms with Crippen LogP contribution >= 0.6 is 0 Å². The van der Waals surface area contributed by atoms with Gasteiger partial charge in [-0.1, -0.05) is 0 Å². The third kappa shape index (κ3) is 2.20. The zero-order valence-electron chi connectivity index (χ0n) is 9.33. The average Bonchev–Trinajstić information content (AvgIpc) is 2.10. The topological polar surface area (TPSA) is 55.0 Å². The second kappa shape index (κ2) is 4.37. The van der Waals surface area contributed by atoms with Crippen LogP contribution in [0.1, 0.15) is 17.0 Å². The Hall–Kier alpha value is -1.16. The largest absolute Gasteiger partial charge is 0.347 e. The number of anilines is 1. The first kappa shape index (κ1) is 10.9. The first-order valence-corrected chi connectivity index (χ1v) is 4.77. The molecule has 0 saturated carbocycles. The van der Waals surface area contributed by atoms with Crippen LogP contribution in [0.5, 0.6) is 0 Å². The summed E-state index contributed by atoms with van der Waals surface area (Å²) in [5, 5.41) is 0. The third-order valence-corrected chi connectivity index (χ3v) is 2.20. The van der Waals surface area contributed by atoms with Crippen LogP contribution in [-0.2, 0) is 6.42 Å². The Morgan fingerprint density at radius 2 is 1.64 bits per heavy atom. The maximum atomic E-state index is 5.53. The second-order valence-corrected chi connectivity index (χ2v) is 3.61. The Balaban J connectivity index is 3.11. The fourth-order valence-corrected chi connectivity index (χ4v) is 1.43. The van der Waals surface area contributed by atoms with Gasteiger partial charge in [-0.3, -0.25) is 0 Å². The molecular weight excluding hydrogens is 176 g/mol. The van der Waals surface area contributed by atoms with Crippen LogP contribution in [0.3, 0.4) is 0 Å². The summed E-state index contributed by atoms with van der Waals surface area (Å²) in [5.74, 6) is 0.765. The number of hydrogen-bond acceptors (Lipinski definition) is 4. The maximum Gasteiger partial charge on any atom is 0.225 e. The molecule has 2 N–H and O–H groups in total. The smallest absolute Gasteiger partial charge is 0.225 e. The molecule has 78 valence electrons. The summed E-state index contributed by atoms with van der Waals surface area (Å²) in [6.07, 6.45) is 0.853. The third-order valence-electron chi connectivity index (χ3n) is 2.20. The molecule has 0 unspecified atom stereocenters. The van der Waals surface area contributed by atoms with E-state index in [0.29, 0.717) is 6.54 Å². The van der Waals surface area contributed by atoms with Gasteiger partial charge in [0.2, 0.25) is 5.95 Å². The Labute approximate surface area is 85.2 Å². The van der Waals surface area contributed by atoms with E-state index in [2.05, 4.69) is 9.97 Å². The quantitative estimate of drug-likeness (QED) is 0.768. The highest BCUT2D eigenvalue weighted by atomic mass is 15.2. The Kier molecular flexibility index (Phi) is 3.41. The lowest BCUT2D eigenvalue weighted by Crippen LogP contribution is -2.16. The molecule has 0 aliphatic rings. The monoisotopic (exact) mass is 194 g/mol. The van der Waals surface area contributed by atoms with Crippen molar-refractivity contribution in [3.63, 3.8) is 0 Å². The van der Waals surface area contributed by atoms with Gasteiger partial charge in [0.25, 0.3) is 0 Å². The Morgan fingerprint density at radius 3 is 2.00 bits per heavy atom. The number of nitrogens with zero attached hydrogens (tertiary/aromatic N) is 3. The minimum absolute atomic E-state index is 0.645. The molecule has 0 amide bonds. The van der Waals surface area contributed by atoms with Crippen LogP contribution in [0.25, 0.3) is 0 Å². The van der Waals surface area contributed by atoms with Gasteiger partial charge in [0.15, 0.2) is 0 Å². The number of aromatic nitrogens is 2. The van der Waals surface area contributed by atoms with E-state index in [1.165, 1.54) is 5.56 Å². The van der Waals surface area contributed by atoms with Gasteiger partial charge in [-0.05, 0) is 32.4 Å². The fourth-order valence-electron chi connectivity index (χ4n) is 1.43. The molecule has 4 nitrogen and oxygen atoms in total. The highest BCUT2D eigenvalue weighted by Crippen LogP contribution is 2.14. The van der Waals surface area contributed by atoms with Gasteiger partial charge in [0, 0.05) is 25.5 Å². The van der Waals surface area contributed by atoms with Crippen LogP contribution in [0.15, 0.2) is 0 Å². The van der Waals surface area contributed by atoms with E-state index in [1.54, 1.807) is 0 Å². The zero-order valence-corrected chi connectivity index (χ0v) is 9.33. The molecule has 0 aliphatic carbocycles. The zero-order chi connectivity index (χ0) is 10.7. The van der Waals surface area contributed by atoms with E-state index in [0.717, 1.165) is 23.8 Å². The van der Waals surface area contributed by atoms with Crippen molar-refractivity contribution in [2.45, 2.75) is 20.3 Å². The predicted octanol–water partition coefficient (Wildman–Crippen LogP) is 0.661. The first-order valence-electron chi connectivity index (χ1n) is 4.77. The van der Waals surface area contributed by atoms with E-state index in [1.807, 2.05) is 32.8 Å². The van der Waals surface area contributed by atoms with Crippen molar-refractivity contribution >= 4 is 5.95 Å². The Morgan fingerprint density at radius 1 is 1.14 bits per heavy atom. The molecule has 0 atom stereocenters. The van der Waals surface area contributed by atoms with E-state index in [9.17, 15) is 0 Å². The molecule has 0 aromatic carbocycles. The summed E-state index contributed by atoms with van der Waals surface area (Å²) in [7, 11) is 3.88. The molecule has 0 fully saturated rings. The molecule has 0 aliphatic heterocycles. The maximum absolute atomic E-state index is 5.53. The van der Waals surface area contributed by atoms with Crippen molar-refractivity contribution in [2.24, 2.45) is 5.73 Å². The van der Waals surface area contributed by atoms with Gasteiger partial charge in [-0.2, -0.15) is 0 Å². The van der Waals surface area contributed by atoms with Crippen LogP contribution in [0.4, 0.5) is 5.95 Å². The van der Waals surface area contributed by atoms with Gasteiger partial charge in [0.05, 0.1) is 0 Å². The highest BCUT2D eigenvalue weighted by Gasteiger charge is 2.08. The normalized spacial score (nSPS) is 10.4. The summed E-state index contributed by atoms with van der Waals surface area (Å²) < 4.78 is 0. The van der Waals surface area contributed by atoms with Gasteiger partial charge < -0.3 is 10.6 Å². The summed E-state index contributed by atoms with van der Waals surface area (Å²) in [6, 6.07) is 0. The van der Waals surface area contributed by atoms with Crippen molar-refractivity contribution in [2.75, 3.05) is 25.5 Å². The lowest BCUT2D eigenvalue weighted by molar-refractivity contribution is 0.875. The van der Waals surface area contributed by atoms with Gasteiger partial charge in [0.1, 0.15) is 0 Å². The van der Waals surface area contributed by atoms with Gasteiger partial charge in [-0.25, -0.2) is 9.97 Å². The summed E-state index contributed by atoms with van der Waals surface area (Å²) in [5.41, 5.74) is 8.78. The molecule has 1 aromatic rings. The highest BCUT2D eigenvalue weighted by molar-refractivity contribution is 5.35. The fraction of sp³-hybridized carbons (Fsp3) is 0.600. The van der Waals surface area contributed by atoms with E-state index in [4.69, 9.17) is 5.73 Å². The van der Waals surface area contributed by atoms with E-state index < -0.39 is 0 Å². The second-order valence-electron chi connectivity index (χ2n) is 3.61. The SMILES string of the molecule is Cc1nc(N(C)C)nc(C)c1CCN. The minimum atomic E-state index is 0.645. The number of rotatable bonds is 3. The summed E-state index contributed by atoms with van der Waals surface area (Å²) in [4.78, 5) is 10.7. The van der Waals surface area contributed by atoms with Crippen LogP contribution in [0, 0.1) is 13.8 Å². The number of aryl methyl sites for hydroxylation is 2. The van der Waals surface area contributed by atoms with Crippen LogP contribution < -0.4 is 10.6 Å². The first-order chi connectivity index (χ1) is 6.56. The predicted molar refractivity (Wildman–Crippen MR) is 58.6 cm³/mol. The van der Waals surface area contributed by atoms with Crippen molar-refractivity contribution in [1.82, 2.24) is 9.97 Å². The summed E-state index contributed by atoms with van der Waals surface area (Å²) in [6.45, 7) is 4.66. The number of nitrogens with two attached hydrogens (primary N) is 1. The van der Waals surface area contributed by atoms with Gasteiger partial charge >= 0.3 is 0 Å². The van der Waals surface area contributed by atoms with Crippen LogP contribution in [0.2, 0.25) is 0 Å². The van der Waals surface area contributed by atoms with Gasteiger partial charge in [-0.15, -0.1) is 0 Å². The van der Waals surface area contributed by atoms with Crippen molar-refractivity contribution < 1.29 is 0 Å². The molecular formula is C10H18N4. The Bertz CT molecular complexity index is 297. The van der Waals surface area contributed by atoms with Crippen molar-refractivity contribution in [3.8, 4) is 0 Å². The molecule has 1 rings (SSSR count). The molecule has 1 aromatic heterocycles. The van der Waals surface area contributed by atoms with Crippen LogP contribution in [-0.4, -0.2) is 30.6 Å². The minimum Gasteiger partial charge on any atom is -0.347 e. The molecule has 0 bridgehead atoms. The lowest BCUT2D eigenvalue weighted by Gasteiger charge is -2.14. The molecule has 0 saturated heterocycles. The summed E-state index contributed by atoms with van der Waals surface area (Å²) >= 11 is 0. The number of hydrogen-bond donors (Lipinski definition) is 1. The molecule has 4 heteroatoms. The van der Waals surface area contributed by atoms with Crippen molar-refractivity contribution in [3.05, 3.63) is 17.0 Å².